The summed E-state index contributed by atoms with van der Waals surface area (Å²) in [4.78, 5) is 4.08. The number of alkyl halides is 1. The van der Waals surface area contributed by atoms with Crippen molar-refractivity contribution in [2.45, 2.75) is 57.9 Å². The number of nitrogens with zero attached hydrogens (tertiary/aromatic N) is 3. The lowest BCUT2D eigenvalue weighted by Gasteiger charge is -2.03. The van der Waals surface area contributed by atoms with Crippen molar-refractivity contribution >= 4 is 11.6 Å². The van der Waals surface area contributed by atoms with Gasteiger partial charge in [0.1, 0.15) is 12.2 Å². The van der Waals surface area contributed by atoms with Gasteiger partial charge >= 0.3 is 0 Å². The van der Waals surface area contributed by atoms with Gasteiger partial charge in [-0.2, -0.15) is 5.10 Å². The van der Waals surface area contributed by atoms with Gasteiger partial charge in [0.2, 0.25) is 0 Å². The van der Waals surface area contributed by atoms with Gasteiger partial charge in [-0.05, 0) is 6.42 Å². The summed E-state index contributed by atoms with van der Waals surface area (Å²) < 4.78 is 1.91. The molecule has 0 aliphatic carbocycles. The highest BCUT2D eigenvalue weighted by molar-refractivity contribution is 6.16. The molecule has 15 heavy (non-hydrogen) atoms. The van der Waals surface area contributed by atoms with E-state index < -0.39 is 0 Å². The first kappa shape index (κ1) is 12.5. The Morgan fingerprint density at radius 3 is 2.67 bits per heavy atom. The quantitative estimate of drug-likeness (QED) is 0.506. The number of aromatic nitrogens is 3. The molecule has 1 heterocycles. The van der Waals surface area contributed by atoms with Crippen LogP contribution in [0.25, 0.3) is 0 Å². The zero-order valence-electron chi connectivity index (χ0n) is 9.45. The second kappa shape index (κ2) is 7.69. The van der Waals surface area contributed by atoms with Gasteiger partial charge in [-0.1, -0.05) is 39.0 Å². The van der Waals surface area contributed by atoms with E-state index in [9.17, 15) is 0 Å². The Morgan fingerprint density at radius 2 is 1.93 bits per heavy atom. The highest BCUT2D eigenvalue weighted by Gasteiger charge is 2.01. The van der Waals surface area contributed by atoms with Gasteiger partial charge in [0, 0.05) is 6.54 Å². The molecule has 0 saturated carbocycles. The van der Waals surface area contributed by atoms with Gasteiger partial charge in [-0.15, -0.1) is 11.6 Å². The van der Waals surface area contributed by atoms with E-state index in [2.05, 4.69) is 17.0 Å². The van der Waals surface area contributed by atoms with Crippen LogP contribution in [0.1, 0.15) is 51.3 Å². The maximum absolute atomic E-state index is 5.73. The van der Waals surface area contributed by atoms with Gasteiger partial charge in [0.15, 0.2) is 0 Å². The van der Waals surface area contributed by atoms with Crippen LogP contribution < -0.4 is 0 Å². The SMILES string of the molecule is CCCCCCCCn1ncnc1CCl. The first-order valence-corrected chi connectivity index (χ1v) is 6.34. The lowest BCUT2D eigenvalue weighted by molar-refractivity contribution is 0.516. The third kappa shape index (κ3) is 4.65. The zero-order valence-corrected chi connectivity index (χ0v) is 10.2. The number of aryl methyl sites for hydroxylation is 1. The molecule has 0 amide bonds. The van der Waals surface area contributed by atoms with Crippen molar-refractivity contribution in [1.29, 1.82) is 0 Å². The Hall–Kier alpha value is -0.570. The van der Waals surface area contributed by atoms with Crippen LogP contribution in [0.4, 0.5) is 0 Å². The second-order valence-corrected chi connectivity index (χ2v) is 4.07. The predicted molar refractivity (Wildman–Crippen MR) is 63.0 cm³/mol. The topological polar surface area (TPSA) is 30.7 Å². The van der Waals surface area contributed by atoms with Gasteiger partial charge in [0.05, 0.1) is 5.88 Å². The number of halogens is 1. The van der Waals surface area contributed by atoms with Crippen LogP contribution in [0.5, 0.6) is 0 Å². The van der Waals surface area contributed by atoms with E-state index in [-0.39, 0.29) is 0 Å². The number of hydrogen-bond donors (Lipinski definition) is 0. The number of unbranched alkanes of at least 4 members (excludes halogenated alkanes) is 5. The molecule has 0 fully saturated rings. The minimum atomic E-state index is 0.454. The monoisotopic (exact) mass is 229 g/mol. The van der Waals surface area contributed by atoms with Crippen LogP contribution >= 0.6 is 11.6 Å². The van der Waals surface area contributed by atoms with Gasteiger partial charge in [0.25, 0.3) is 0 Å². The van der Waals surface area contributed by atoms with E-state index in [0.717, 1.165) is 12.4 Å². The standard InChI is InChI=1S/C11H20ClN3/c1-2-3-4-5-6-7-8-15-11(9-12)13-10-14-15/h10H,2-9H2,1H3. The third-order valence-electron chi connectivity index (χ3n) is 2.54. The summed E-state index contributed by atoms with van der Waals surface area (Å²) in [5, 5.41) is 4.14. The molecule has 86 valence electrons. The summed E-state index contributed by atoms with van der Waals surface area (Å²) in [6.45, 7) is 3.19. The molecule has 0 radical (unpaired) electrons. The molecule has 0 spiro atoms. The van der Waals surface area contributed by atoms with E-state index in [0.29, 0.717) is 5.88 Å². The maximum Gasteiger partial charge on any atom is 0.141 e. The summed E-state index contributed by atoms with van der Waals surface area (Å²) in [5.74, 6) is 1.33. The first-order valence-electron chi connectivity index (χ1n) is 5.81. The van der Waals surface area contributed by atoms with Crippen LogP contribution in [0.3, 0.4) is 0 Å². The molecule has 0 unspecified atom stereocenters. The van der Waals surface area contributed by atoms with Crippen molar-refractivity contribution in [3.8, 4) is 0 Å². The number of hydrogen-bond acceptors (Lipinski definition) is 2. The van der Waals surface area contributed by atoms with Crippen LogP contribution in [0.15, 0.2) is 6.33 Å². The minimum absolute atomic E-state index is 0.454. The van der Waals surface area contributed by atoms with E-state index in [4.69, 9.17) is 11.6 Å². The highest BCUT2D eigenvalue weighted by atomic mass is 35.5. The Morgan fingerprint density at radius 1 is 1.20 bits per heavy atom. The fourth-order valence-corrected chi connectivity index (χ4v) is 1.83. The van der Waals surface area contributed by atoms with Crippen molar-refractivity contribution < 1.29 is 0 Å². The predicted octanol–water partition coefficient (Wildman–Crippen LogP) is 3.38. The van der Waals surface area contributed by atoms with E-state index in [1.54, 1.807) is 6.33 Å². The molecule has 3 nitrogen and oxygen atoms in total. The van der Waals surface area contributed by atoms with Crippen LogP contribution in [-0.2, 0) is 12.4 Å². The Balaban J connectivity index is 2.09. The molecule has 1 aromatic heterocycles. The molecule has 0 N–H and O–H groups in total. The molecule has 0 aliphatic heterocycles. The molecular formula is C11H20ClN3. The largest absolute Gasteiger partial charge is 0.249 e. The number of rotatable bonds is 8. The molecular weight excluding hydrogens is 210 g/mol. The fraction of sp³-hybridized carbons (Fsp3) is 0.818. The molecule has 0 aromatic carbocycles. The molecule has 1 rings (SSSR count). The van der Waals surface area contributed by atoms with Crippen LogP contribution in [0, 0.1) is 0 Å². The third-order valence-corrected chi connectivity index (χ3v) is 2.78. The average Bonchev–Trinajstić information content (AvgIpc) is 2.70. The maximum atomic E-state index is 5.73. The molecule has 0 bridgehead atoms. The lowest BCUT2D eigenvalue weighted by Crippen LogP contribution is -2.04. The van der Waals surface area contributed by atoms with E-state index in [1.807, 2.05) is 4.68 Å². The Bertz CT molecular complexity index is 260. The minimum Gasteiger partial charge on any atom is -0.249 e. The van der Waals surface area contributed by atoms with Crippen LogP contribution in [0.2, 0.25) is 0 Å². The summed E-state index contributed by atoms with van der Waals surface area (Å²) in [5.41, 5.74) is 0. The Labute approximate surface area is 96.8 Å². The van der Waals surface area contributed by atoms with Gasteiger partial charge < -0.3 is 0 Å². The fourth-order valence-electron chi connectivity index (χ4n) is 1.62. The summed E-state index contributed by atoms with van der Waals surface area (Å²) in [7, 11) is 0. The molecule has 1 aromatic rings. The smallest absolute Gasteiger partial charge is 0.141 e. The zero-order chi connectivity index (χ0) is 10.9. The van der Waals surface area contributed by atoms with Crippen molar-refractivity contribution in [3.63, 3.8) is 0 Å². The summed E-state index contributed by atoms with van der Waals surface area (Å²) >= 11 is 5.73. The Kier molecular flexibility index (Phi) is 6.41. The van der Waals surface area contributed by atoms with Crippen LogP contribution in [-0.4, -0.2) is 14.8 Å². The summed E-state index contributed by atoms with van der Waals surface area (Å²) in [6, 6.07) is 0. The van der Waals surface area contributed by atoms with Crippen molar-refractivity contribution in [1.82, 2.24) is 14.8 Å². The normalized spacial score (nSPS) is 10.8. The highest BCUT2D eigenvalue weighted by Crippen LogP contribution is 2.07. The van der Waals surface area contributed by atoms with E-state index in [1.165, 1.54) is 38.5 Å². The van der Waals surface area contributed by atoms with Crippen molar-refractivity contribution in [2.24, 2.45) is 0 Å². The van der Waals surface area contributed by atoms with E-state index >= 15 is 0 Å². The summed E-state index contributed by atoms with van der Waals surface area (Å²) in [6.07, 6.45) is 9.39. The van der Waals surface area contributed by atoms with Crippen molar-refractivity contribution in [3.05, 3.63) is 12.2 Å². The average molecular weight is 230 g/mol. The molecule has 0 aliphatic rings. The molecule has 4 heteroatoms. The lowest BCUT2D eigenvalue weighted by atomic mass is 10.1. The van der Waals surface area contributed by atoms with Gasteiger partial charge in [-0.25, -0.2) is 9.67 Å². The van der Waals surface area contributed by atoms with Crippen molar-refractivity contribution in [2.75, 3.05) is 0 Å². The van der Waals surface area contributed by atoms with Gasteiger partial charge in [-0.3, -0.25) is 0 Å². The molecule has 0 saturated heterocycles. The first-order chi connectivity index (χ1) is 7.38. The molecule has 0 atom stereocenters. The second-order valence-electron chi connectivity index (χ2n) is 3.80.